The molecule has 0 radical (unpaired) electrons. The van der Waals surface area contributed by atoms with Gasteiger partial charge in [-0.2, -0.15) is 4.39 Å². The maximum Gasteiger partial charge on any atom is 0.364 e. The van der Waals surface area contributed by atoms with Gasteiger partial charge in [0.05, 0.1) is 0 Å². The summed E-state index contributed by atoms with van der Waals surface area (Å²) in [5.41, 5.74) is 0.998. The Bertz CT molecular complexity index is 619. The van der Waals surface area contributed by atoms with Gasteiger partial charge >= 0.3 is 5.97 Å². The Labute approximate surface area is 116 Å². The molecule has 92 valence electrons. The maximum atomic E-state index is 13.0. The Morgan fingerprint density at radius 3 is 2.67 bits per heavy atom. The van der Waals surface area contributed by atoms with Crippen LogP contribution in [0.1, 0.15) is 4.88 Å². The smallest absolute Gasteiger partial charge is 0.364 e. The number of halogens is 2. The average Bonchev–Trinajstić information content (AvgIpc) is 2.77. The minimum absolute atomic E-state index is 0.570. The molecule has 1 aromatic heterocycles. The van der Waals surface area contributed by atoms with Crippen LogP contribution in [0.5, 0.6) is 0 Å². The summed E-state index contributed by atoms with van der Waals surface area (Å²) in [6.07, 6.45) is 1.02. The minimum Gasteiger partial charge on any atom is -0.476 e. The Kier molecular flexibility index (Phi) is 3.93. The third-order valence-corrected chi connectivity index (χ3v) is 4.00. The summed E-state index contributed by atoms with van der Waals surface area (Å²) in [5.74, 6) is -2.71. The molecule has 0 spiro atoms. The zero-order valence-electron chi connectivity index (χ0n) is 9.06. The van der Waals surface area contributed by atoms with E-state index in [0.29, 0.717) is 4.88 Å². The lowest BCUT2D eigenvalue weighted by atomic mass is 10.2. The molecule has 0 amide bonds. The number of carbonyl (C=O) groups is 1. The van der Waals surface area contributed by atoms with E-state index in [9.17, 15) is 9.18 Å². The van der Waals surface area contributed by atoms with Crippen LogP contribution in [-0.2, 0) is 4.79 Å². The van der Waals surface area contributed by atoms with Crippen LogP contribution in [0.4, 0.5) is 4.39 Å². The fraction of sp³-hybridized carbons (Fsp3) is 0. The van der Waals surface area contributed by atoms with Gasteiger partial charge in [0.15, 0.2) is 0 Å². The predicted molar refractivity (Wildman–Crippen MR) is 74.2 cm³/mol. The zero-order chi connectivity index (χ0) is 13.1. The van der Waals surface area contributed by atoms with Crippen molar-refractivity contribution in [3.63, 3.8) is 0 Å². The first-order chi connectivity index (χ1) is 8.58. The van der Waals surface area contributed by atoms with E-state index in [1.54, 1.807) is 6.07 Å². The monoisotopic (exact) mass is 326 g/mol. The topological polar surface area (TPSA) is 37.3 Å². The number of rotatable bonds is 3. The van der Waals surface area contributed by atoms with E-state index in [-0.39, 0.29) is 0 Å². The highest BCUT2D eigenvalue weighted by Gasteiger charge is 2.08. The Balaban J connectivity index is 2.35. The van der Waals surface area contributed by atoms with Crippen molar-refractivity contribution < 1.29 is 14.3 Å². The van der Waals surface area contributed by atoms with Crippen molar-refractivity contribution in [2.45, 2.75) is 0 Å². The minimum atomic E-state index is -1.55. The highest BCUT2D eigenvalue weighted by molar-refractivity contribution is 9.10. The molecular weight excluding hydrogens is 319 g/mol. The number of hydrogen-bond acceptors (Lipinski definition) is 2. The fourth-order valence-electron chi connectivity index (χ4n) is 1.42. The van der Waals surface area contributed by atoms with E-state index in [1.807, 2.05) is 30.3 Å². The van der Waals surface area contributed by atoms with Gasteiger partial charge in [0.25, 0.3) is 0 Å². The summed E-state index contributed by atoms with van der Waals surface area (Å²) in [6.45, 7) is 0. The quantitative estimate of drug-likeness (QED) is 0.839. The SMILES string of the molecule is O=C(O)C(F)=Cc1ccc(-c2ccccc2Br)s1. The summed E-state index contributed by atoms with van der Waals surface area (Å²) in [6, 6.07) is 11.2. The highest BCUT2D eigenvalue weighted by Crippen LogP contribution is 2.34. The van der Waals surface area contributed by atoms with E-state index in [0.717, 1.165) is 21.0 Å². The van der Waals surface area contributed by atoms with Crippen LogP contribution in [0.15, 0.2) is 46.7 Å². The van der Waals surface area contributed by atoms with Crippen LogP contribution in [0.3, 0.4) is 0 Å². The molecule has 0 aliphatic heterocycles. The summed E-state index contributed by atoms with van der Waals surface area (Å²) in [5, 5.41) is 8.47. The molecule has 0 fully saturated rings. The first-order valence-electron chi connectivity index (χ1n) is 5.03. The fourth-order valence-corrected chi connectivity index (χ4v) is 3.03. The van der Waals surface area contributed by atoms with Gasteiger partial charge in [-0.1, -0.05) is 34.1 Å². The molecule has 0 saturated heterocycles. The Morgan fingerprint density at radius 2 is 2.00 bits per heavy atom. The van der Waals surface area contributed by atoms with Crippen molar-refractivity contribution in [1.82, 2.24) is 0 Å². The molecule has 2 aromatic rings. The first-order valence-corrected chi connectivity index (χ1v) is 6.64. The van der Waals surface area contributed by atoms with E-state index >= 15 is 0 Å². The molecule has 1 heterocycles. The molecule has 0 aliphatic carbocycles. The summed E-state index contributed by atoms with van der Waals surface area (Å²) in [4.78, 5) is 11.9. The second-order valence-corrected chi connectivity index (χ2v) is 5.45. The van der Waals surface area contributed by atoms with Gasteiger partial charge in [0, 0.05) is 19.8 Å². The van der Waals surface area contributed by atoms with Gasteiger partial charge < -0.3 is 5.11 Å². The van der Waals surface area contributed by atoms with Gasteiger partial charge in [-0.15, -0.1) is 11.3 Å². The van der Waals surface area contributed by atoms with Gasteiger partial charge in [0.1, 0.15) is 0 Å². The molecule has 18 heavy (non-hydrogen) atoms. The van der Waals surface area contributed by atoms with E-state index in [2.05, 4.69) is 15.9 Å². The van der Waals surface area contributed by atoms with Crippen molar-refractivity contribution in [3.8, 4) is 10.4 Å². The molecule has 1 aromatic carbocycles. The van der Waals surface area contributed by atoms with Gasteiger partial charge in [-0.05, 0) is 24.3 Å². The van der Waals surface area contributed by atoms with E-state index in [4.69, 9.17) is 5.11 Å². The first kappa shape index (κ1) is 13.0. The van der Waals surface area contributed by atoms with Crippen molar-refractivity contribution in [2.75, 3.05) is 0 Å². The van der Waals surface area contributed by atoms with E-state index in [1.165, 1.54) is 11.3 Å². The van der Waals surface area contributed by atoms with Crippen molar-refractivity contribution in [2.24, 2.45) is 0 Å². The predicted octanol–water partition coefficient (Wildman–Crippen LogP) is 4.57. The lowest BCUT2D eigenvalue weighted by Gasteiger charge is -1.99. The number of carboxylic acids is 1. The molecule has 1 N–H and O–H groups in total. The Morgan fingerprint density at radius 1 is 1.28 bits per heavy atom. The molecule has 5 heteroatoms. The van der Waals surface area contributed by atoms with Crippen LogP contribution >= 0.6 is 27.3 Å². The lowest BCUT2D eigenvalue weighted by Crippen LogP contribution is -1.93. The second kappa shape index (κ2) is 5.46. The highest BCUT2D eigenvalue weighted by atomic mass is 79.9. The third kappa shape index (κ3) is 2.86. The average molecular weight is 327 g/mol. The normalized spacial score (nSPS) is 11.6. The number of aliphatic carboxylic acids is 1. The number of carboxylic acid groups (broad SMARTS) is 1. The van der Waals surface area contributed by atoms with Crippen molar-refractivity contribution >= 4 is 39.3 Å². The van der Waals surface area contributed by atoms with Crippen LogP contribution in [-0.4, -0.2) is 11.1 Å². The summed E-state index contributed by atoms with van der Waals surface area (Å²) in [7, 11) is 0. The lowest BCUT2D eigenvalue weighted by molar-refractivity contribution is -0.134. The van der Waals surface area contributed by atoms with Crippen LogP contribution in [0.2, 0.25) is 0 Å². The summed E-state index contributed by atoms with van der Waals surface area (Å²) < 4.78 is 13.9. The van der Waals surface area contributed by atoms with Gasteiger partial charge in [-0.25, -0.2) is 4.79 Å². The summed E-state index contributed by atoms with van der Waals surface area (Å²) >= 11 is 4.78. The molecule has 0 bridgehead atoms. The van der Waals surface area contributed by atoms with Crippen LogP contribution in [0.25, 0.3) is 16.5 Å². The third-order valence-electron chi connectivity index (χ3n) is 2.24. The molecule has 2 rings (SSSR count). The molecule has 2 nitrogen and oxygen atoms in total. The number of thiophene rings is 1. The van der Waals surface area contributed by atoms with Crippen molar-refractivity contribution in [3.05, 3.63) is 51.6 Å². The van der Waals surface area contributed by atoms with Crippen molar-refractivity contribution in [1.29, 1.82) is 0 Å². The van der Waals surface area contributed by atoms with Crippen LogP contribution < -0.4 is 0 Å². The molecule has 0 saturated carbocycles. The zero-order valence-corrected chi connectivity index (χ0v) is 11.5. The molecule has 0 atom stereocenters. The van der Waals surface area contributed by atoms with Crippen LogP contribution in [0, 0.1) is 0 Å². The standard InChI is InChI=1S/C13H8BrFO2S/c14-10-4-2-1-3-9(10)12-6-5-8(18-12)7-11(15)13(16)17/h1-7H,(H,16,17). The number of benzene rings is 1. The number of hydrogen-bond donors (Lipinski definition) is 1. The molecule has 0 aliphatic rings. The van der Waals surface area contributed by atoms with Gasteiger partial charge in [-0.3, -0.25) is 0 Å². The van der Waals surface area contributed by atoms with E-state index < -0.39 is 11.8 Å². The van der Waals surface area contributed by atoms with Gasteiger partial charge in [0.2, 0.25) is 5.83 Å². The largest absolute Gasteiger partial charge is 0.476 e. The second-order valence-electron chi connectivity index (χ2n) is 3.48. The molecular formula is C13H8BrFO2S. The maximum absolute atomic E-state index is 13.0. The Hall–Kier alpha value is -1.46. The molecule has 0 unspecified atom stereocenters.